The van der Waals surface area contributed by atoms with E-state index < -0.39 is 30.5 Å². The predicted octanol–water partition coefficient (Wildman–Crippen LogP) is 5.52. The highest BCUT2D eigenvalue weighted by Crippen LogP contribution is 2.34. The highest BCUT2D eigenvalue weighted by Gasteiger charge is 2.23. The van der Waals surface area contributed by atoms with Gasteiger partial charge in [-0.15, -0.1) is 0 Å². The number of aromatic nitrogens is 4. The first-order valence-electron chi connectivity index (χ1n) is 11.6. The number of nitrogens with one attached hydrogen (secondary N) is 1. The van der Waals surface area contributed by atoms with E-state index >= 15 is 0 Å². The zero-order valence-corrected chi connectivity index (χ0v) is 21.8. The summed E-state index contributed by atoms with van der Waals surface area (Å²) in [6.07, 6.45) is 0.0599. The first-order valence-corrected chi connectivity index (χ1v) is 12.0. The lowest BCUT2D eigenvalue weighted by Gasteiger charge is -2.22. The van der Waals surface area contributed by atoms with Gasteiger partial charge in [0, 0.05) is 29.3 Å². The summed E-state index contributed by atoms with van der Waals surface area (Å²) in [5, 5.41) is 7.58. The van der Waals surface area contributed by atoms with E-state index in [1.165, 1.54) is 19.3 Å². The number of carbonyl (C=O) groups is 1. The van der Waals surface area contributed by atoms with Crippen molar-refractivity contribution in [1.29, 1.82) is 0 Å². The minimum Gasteiger partial charge on any atom is -0.487 e. The second kappa shape index (κ2) is 11.4. The Morgan fingerprint density at radius 1 is 1.21 bits per heavy atom. The minimum atomic E-state index is -3.11. The van der Waals surface area contributed by atoms with Gasteiger partial charge in [0.05, 0.1) is 11.1 Å². The first kappa shape index (κ1) is 27.3. The third kappa shape index (κ3) is 5.89. The Morgan fingerprint density at radius 3 is 2.66 bits per heavy atom. The summed E-state index contributed by atoms with van der Waals surface area (Å²) in [7, 11) is 1.79. The molecule has 12 heteroatoms. The monoisotopic (exact) mass is 547 g/mol. The summed E-state index contributed by atoms with van der Waals surface area (Å²) in [6, 6.07) is 8.94. The van der Waals surface area contributed by atoms with Crippen LogP contribution in [0.25, 0.3) is 22.3 Å². The van der Waals surface area contributed by atoms with Crippen molar-refractivity contribution in [3.63, 3.8) is 0 Å². The Labute approximate surface area is 221 Å². The van der Waals surface area contributed by atoms with Crippen LogP contribution in [0.15, 0.2) is 42.7 Å². The summed E-state index contributed by atoms with van der Waals surface area (Å²) < 4.78 is 51.3. The molecule has 2 heterocycles. The zero-order chi connectivity index (χ0) is 27.6. The van der Waals surface area contributed by atoms with Crippen molar-refractivity contribution in [2.24, 2.45) is 7.05 Å². The van der Waals surface area contributed by atoms with Crippen LogP contribution in [0.2, 0.25) is 5.02 Å². The molecule has 0 radical (unpaired) electrons. The molecule has 4 aromatic rings. The molecule has 0 bridgehead atoms. The summed E-state index contributed by atoms with van der Waals surface area (Å²) in [6.45, 7) is 1.45. The topological polar surface area (TPSA) is 91.2 Å². The van der Waals surface area contributed by atoms with Crippen LogP contribution in [-0.4, -0.2) is 38.4 Å². The predicted molar refractivity (Wildman–Crippen MR) is 135 cm³/mol. The molecule has 0 aliphatic carbocycles. The van der Waals surface area contributed by atoms with Gasteiger partial charge in [-0.3, -0.25) is 4.79 Å². The molecule has 1 N–H and O–H groups in total. The quantitative estimate of drug-likeness (QED) is 0.297. The molecule has 38 heavy (non-hydrogen) atoms. The van der Waals surface area contributed by atoms with Gasteiger partial charge in [0.2, 0.25) is 5.91 Å². The number of amides is 1. The molecule has 2 aromatic heterocycles. The number of fused-ring (bicyclic) bond motifs is 1. The van der Waals surface area contributed by atoms with E-state index in [1.807, 2.05) is 25.1 Å². The number of hydrogen-bond donors (Lipinski definition) is 1. The lowest BCUT2D eigenvalue weighted by molar-refractivity contribution is -0.172. The van der Waals surface area contributed by atoms with Crippen molar-refractivity contribution in [3.05, 3.63) is 70.4 Å². The number of rotatable bonds is 9. The largest absolute Gasteiger partial charge is 0.487 e. The molecule has 0 unspecified atom stereocenters. The number of nitrogens with zero attached hydrogens (tertiary/aromatic N) is 4. The summed E-state index contributed by atoms with van der Waals surface area (Å²) in [4.78, 5) is 21.3. The molecule has 200 valence electrons. The molecule has 0 spiro atoms. The molecule has 0 aliphatic heterocycles. The van der Waals surface area contributed by atoms with Crippen LogP contribution in [0.4, 0.5) is 13.2 Å². The van der Waals surface area contributed by atoms with Crippen LogP contribution in [0.3, 0.4) is 0 Å². The van der Waals surface area contributed by atoms with Gasteiger partial charge in [-0.2, -0.15) is 13.9 Å². The number of pyridine rings is 1. The van der Waals surface area contributed by atoms with Crippen LogP contribution in [-0.2, 0) is 23.2 Å². The molecule has 0 fully saturated rings. The third-order valence-electron chi connectivity index (χ3n) is 5.95. The highest BCUT2D eigenvalue weighted by atomic mass is 35.5. The Morgan fingerprint density at radius 2 is 1.97 bits per heavy atom. The van der Waals surface area contributed by atoms with Crippen LogP contribution in [0, 0.1) is 12.7 Å². The molecular formula is C26H25ClF3N5O3. The van der Waals surface area contributed by atoms with Gasteiger partial charge in [0.25, 0.3) is 0 Å². The van der Waals surface area contributed by atoms with Gasteiger partial charge < -0.3 is 14.8 Å². The Kier molecular flexibility index (Phi) is 8.17. The highest BCUT2D eigenvalue weighted by molar-refractivity contribution is 6.31. The number of ether oxygens (including phenoxy) is 2. The summed E-state index contributed by atoms with van der Waals surface area (Å²) in [5.74, 6) is -0.287. The lowest BCUT2D eigenvalue weighted by atomic mass is 10.0. The molecule has 0 aliphatic rings. The van der Waals surface area contributed by atoms with E-state index in [0.29, 0.717) is 28.2 Å². The van der Waals surface area contributed by atoms with Crippen molar-refractivity contribution < 1.29 is 27.4 Å². The summed E-state index contributed by atoms with van der Waals surface area (Å²) >= 11 is 6.38. The SMILES string of the molecule is Cc1cc(-c2ncnn2C)c2cccc(OCc3c(Cl)cc(F)cc3[C@H](C)NC(=O)[C@@H](C)OC(F)F)c2n1. The number of carbonyl (C=O) groups excluding carboxylic acids is 1. The minimum absolute atomic E-state index is 0.0776. The van der Waals surface area contributed by atoms with Gasteiger partial charge in [0.1, 0.15) is 36.1 Å². The van der Waals surface area contributed by atoms with Crippen molar-refractivity contribution in [3.8, 4) is 17.1 Å². The van der Waals surface area contributed by atoms with Crippen LogP contribution in [0.5, 0.6) is 5.75 Å². The van der Waals surface area contributed by atoms with Crippen molar-refractivity contribution >= 4 is 28.4 Å². The zero-order valence-electron chi connectivity index (χ0n) is 21.0. The maximum atomic E-state index is 14.3. The molecule has 1 amide bonds. The molecule has 2 atom stereocenters. The number of aryl methyl sites for hydroxylation is 2. The molecular weight excluding hydrogens is 523 g/mol. The van der Waals surface area contributed by atoms with E-state index in [1.54, 1.807) is 24.7 Å². The van der Waals surface area contributed by atoms with E-state index in [2.05, 4.69) is 25.1 Å². The standard InChI is InChI=1S/C26H25ClF3N5O3/c1-13-8-19(24-31-12-32-35(24)4)17-6-5-7-22(23(17)33-13)37-11-20-18(9-16(28)10-21(20)27)14(2)34-25(36)15(3)38-26(29)30/h5-10,12,14-15,26H,11H2,1-4H3,(H,34,36)/t14-,15+/m0/s1. The van der Waals surface area contributed by atoms with Gasteiger partial charge >= 0.3 is 6.61 Å². The van der Waals surface area contributed by atoms with Crippen molar-refractivity contribution in [1.82, 2.24) is 25.1 Å². The number of alkyl halides is 2. The Balaban J connectivity index is 1.65. The van der Waals surface area contributed by atoms with E-state index in [9.17, 15) is 18.0 Å². The average Bonchev–Trinajstić information content (AvgIpc) is 3.27. The maximum absolute atomic E-state index is 14.3. The first-order chi connectivity index (χ1) is 18.0. The number of para-hydroxylation sites is 1. The summed E-state index contributed by atoms with van der Waals surface area (Å²) in [5.41, 5.74) is 2.90. The van der Waals surface area contributed by atoms with E-state index in [0.717, 1.165) is 22.7 Å². The second-order valence-corrected chi connectivity index (χ2v) is 9.09. The third-order valence-corrected chi connectivity index (χ3v) is 6.29. The van der Waals surface area contributed by atoms with E-state index in [-0.39, 0.29) is 11.6 Å². The number of benzene rings is 2. The smallest absolute Gasteiger partial charge is 0.346 e. The van der Waals surface area contributed by atoms with Crippen LogP contribution in [0.1, 0.15) is 36.7 Å². The molecule has 2 aromatic carbocycles. The van der Waals surface area contributed by atoms with Crippen molar-refractivity contribution in [2.75, 3.05) is 0 Å². The molecule has 0 saturated carbocycles. The lowest BCUT2D eigenvalue weighted by Crippen LogP contribution is -2.37. The van der Waals surface area contributed by atoms with Crippen LogP contribution < -0.4 is 10.1 Å². The fourth-order valence-electron chi connectivity index (χ4n) is 4.13. The van der Waals surface area contributed by atoms with E-state index in [4.69, 9.17) is 16.3 Å². The molecule has 8 nitrogen and oxygen atoms in total. The van der Waals surface area contributed by atoms with Gasteiger partial charge in [-0.1, -0.05) is 23.7 Å². The van der Waals surface area contributed by atoms with Gasteiger partial charge in [0.15, 0.2) is 5.82 Å². The van der Waals surface area contributed by atoms with Crippen LogP contribution >= 0.6 is 11.6 Å². The average molecular weight is 548 g/mol. The fourth-order valence-corrected chi connectivity index (χ4v) is 4.40. The normalized spacial score (nSPS) is 13.1. The Bertz CT molecular complexity index is 1480. The fraction of sp³-hybridized carbons (Fsp3) is 0.308. The van der Waals surface area contributed by atoms with Gasteiger partial charge in [-0.05, 0) is 50.6 Å². The maximum Gasteiger partial charge on any atom is 0.346 e. The van der Waals surface area contributed by atoms with Gasteiger partial charge in [-0.25, -0.2) is 19.0 Å². The number of halogens is 4. The molecule has 0 saturated heterocycles. The molecule has 4 rings (SSSR count). The van der Waals surface area contributed by atoms with Crippen molar-refractivity contribution in [2.45, 2.75) is 46.1 Å². The Hall–Kier alpha value is -3.70. The number of hydrogen-bond acceptors (Lipinski definition) is 6. The second-order valence-electron chi connectivity index (χ2n) is 8.68.